The molecule has 1 fully saturated rings. The van der Waals surface area contributed by atoms with Crippen molar-refractivity contribution in [2.24, 2.45) is 11.7 Å². The Morgan fingerprint density at radius 2 is 2.06 bits per heavy atom. The molecule has 0 saturated heterocycles. The van der Waals surface area contributed by atoms with Gasteiger partial charge in [-0.25, -0.2) is 8.42 Å². The third-order valence-corrected chi connectivity index (χ3v) is 5.26. The number of hydrogen-bond acceptors (Lipinski definition) is 4. The van der Waals surface area contributed by atoms with Crippen LogP contribution in [0.3, 0.4) is 0 Å². The van der Waals surface area contributed by atoms with E-state index in [2.05, 4.69) is 0 Å². The van der Waals surface area contributed by atoms with Gasteiger partial charge in [0.25, 0.3) is 0 Å². The first-order valence-corrected chi connectivity index (χ1v) is 7.69. The van der Waals surface area contributed by atoms with Crippen molar-refractivity contribution in [3.8, 4) is 0 Å². The van der Waals surface area contributed by atoms with Crippen molar-refractivity contribution >= 4 is 9.84 Å². The molecule has 0 spiro atoms. The van der Waals surface area contributed by atoms with E-state index >= 15 is 0 Å². The van der Waals surface area contributed by atoms with Crippen molar-refractivity contribution < 1.29 is 13.2 Å². The Bertz CT molecular complexity index is 324. The molecule has 0 aromatic heterocycles. The Morgan fingerprint density at radius 1 is 1.44 bits per heavy atom. The van der Waals surface area contributed by atoms with Gasteiger partial charge in [-0.15, -0.1) is 0 Å². The van der Waals surface area contributed by atoms with Crippen molar-refractivity contribution in [2.45, 2.75) is 43.4 Å². The summed E-state index contributed by atoms with van der Waals surface area (Å²) >= 11 is 0. The molecule has 5 heteroatoms. The van der Waals surface area contributed by atoms with Gasteiger partial charge in [0.1, 0.15) is 9.84 Å². The van der Waals surface area contributed by atoms with Crippen molar-refractivity contribution in [3.63, 3.8) is 0 Å². The van der Waals surface area contributed by atoms with Crippen LogP contribution in [0, 0.1) is 5.92 Å². The maximum Gasteiger partial charge on any atom is 0.150 e. The predicted molar refractivity (Wildman–Crippen MR) is 65.1 cm³/mol. The minimum Gasteiger partial charge on any atom is -0.383 e. The average Bonchev–Trinajstić information content (AvgIpc) is 2.16. The normalized spacial score (nSPS) is 31.0. The lowest BCUT2D eigenvalue weighted by molar-refractivity contribution is 0.0905. The highest BCUT2D eigenvalue weighted by Gasteiger charge is 2.37. The smallest absolute Gasteiger partial charge is 0.150 e. The number of rotatable bonds is 4. The van der Waals surface area contributed by atoms with Gasteiger partial charge in [-0.1, -0.05) is 6.42 Å². The molecular weight excluding hydrogens is 226 g/mol. The number of sulfone groups is 1. The SMILES string of the molecule is COCC(C)(N)C1CCCC(S(C)(=O)=O)C1. The fourth-order valence-electron chi connectivity index (χ4n) is 2.56. The standard InChI is InChI=1S/C11H23NO3S/c1-11(12,8-15-2)9-5-4-6-10(7-9)16(3,13)14/h9-10H,4-8,12H2,1-3H3. The molecule has 1 saturated carbocycles. The lowest BCUT2D eigenvalue weighted by atomic mass is 9.76. The van der Waals surface area contributed by atoms with E-state index in [4.69, 9.17) is 10.5 Å². The molecule has 0 aromatic carbocycles. The maximum absolute atomic E-state index is 11.5. The minimum atomic E-state index is -2.93. The molecular formula is C11H23NO3S. The molecule has 1 aliphatic carbocycles. The summed E-state index contributed by atoms with van der Waals surface area (Å²) < 4.78 is 28.2. The summed E-state index contributed by atoms with van der Waals surface area (Å²) in [6, 6.07) is 0. The van der Waals surface area contributed by atoms with Gasteiger partial charge < -0.3 is 10.5 Å². The molecule has 0 amide bonds. The lowest BCUT2D eigenvalue weighted by Gasteiger charge is -2.38. The molecule has 0 bridgehead atoms. The van der Waals surface area contributed by atoms with Crippen LogP contribution in [0.5, 0.6) is 0 Å². The summed E-state index contributed by atoms with van der Waals surface area (Å²) in [6.45, 7) is 2.43. The maximum atomic E-state index is 11.5. The zero-order chi connectivity index (χ0) is 12.4. The topological polar surface area (TPSA) is 69.4 Å². The van der Waals surface area contributed by atoms with E-state index in [0.717, 1.165) is 19.3 Å². The van der Waals surface area contributed by atoms with Crippen molar-refractivity contribution in [1.29, 1.82) is 0 Å². The van der Waals surface area contributed by atoms with E-state index in [1.807, 2.05) is 6.92 Å². The van der Waals surface area contributed by atoms with Gasteiger partial charge in [0.05, 0.1) is 11.9 Å². The van der Waals surface area contributed by atoms with Crippen LogP contribution in [0.1, 0.15) is 32.6 Å². The van der Waals surface area contributed by atoms with Crippen LogP contribution in [0.15, 0.2) is 0 Å². The molecule has 3 unspecified atom stereocenters. The number of nitrogens with two attached hydrogens (primary N) is 1. The van der Waals surface area contributed by atoms with Gasteiger partial charge in [0.2, 0.25) is 0 Å². The average molecular weight is 249 g/mol. The Labute approximate surface area is 98.5 Å². The quantitative estimate of drug-likeness (QED) is 0.805. The van der Waals surface area contributed by atoms with Crippen LogP contribution in [0.4, 0.5) is 0 Å². The van der Waals surface area contributed by atoms with E-state index in [-0.39, 0.29) is 11.2 Å². The van der Waals surface area contributed by atoms with Crippen LogP contribution in [0.25, 0.3) is 0 Å². The van der Waals surface area contributed by atoms with Crippen LogP contribution >= 0.6 is 0 Å². The Kier molecular flexibility index (Phi) is 4.37. The van der Waals surface area contributed by atoms with E-state index < -0.39 is 15.4 Å². The van der Waals surface area contributed by atoms with Gasteiger partial charge in [-0.05, 0) is 32.1 Å². The molecule has 0 heterocycles. The molecule has 0 aromatic rings. The van der Waals surface area contributed by atoms with Crippen LogP contribution in [-0.2, 0) is 14.6 Å². The van der Waals surface area contributed by atoms with E-state index in [1.165, 1.54) is 6.26 Å². The first-order valence-electron chi connectivity index (χ1n) is 5.74. The summed E-state index contributed by atoms with van der Waals surface area (Å²) in [5, 5.41) is -0.217. The summed E-state index contributed by atoms with van der Waals surface area (Å²) in [5.41, 5.74) is 5.77. The third kappa shape index (κ3) is 3.43. The highest BCUT2D eigenvalue weighted by atomic mass is 32.2. The zero-order valence-electron chi connectivity index (χ0n) is 10.4. The molecule has 0 radical (unpaired) electrons. The number of ether oxygens (including phenoxy) is 1. The Balaban J connectivity index is 2.71. The first-order chi connectivity index (χ1) is 7.27. The monoisotopic (exact) mass is 249 g/mol. The summed E-state index contributed by atoms with van der Waals surface area (Å²) in [4.78, 5) is 0. The fraction of sp³-hybridized carbons (Fsp3) is 1.00. The van der Waals surface area contributed by atoms with Gasteiger partial charge in [-0.2, -0.15) is 0 Å². The lowest BCUT2D eigenvalue weighted by Crippen LogP contribution is -2.50. The number of methoxy groups -OCH3 is 1. The Hall–Kier alpha value is -0.130. The highest BCUT2D eigenvalue weighted by molar-refractivity contribution is 7.91. The third-order valence-electron chi connectivity index (χ3n) is 3.62. The first kappa shape index (κ1) is 13.9. The van der Waals surface area contributed by atoms with Crippen molar-refractivity contribution in [1.82, 2.24) is 0 Å². The van der Waals surface area contributed by atoms with Crippen molar-refractivity contribution in [2.75, 3.05) is 20.0 Å². The minimum absolute atomic E-state index is 0.217. The molecule has 1 aliphatic rings. The molecule has 3 atom stereocenters. The van der Waals surface area contributed by atoms with Gasteiger partial charge in [-0.3, -0.25) is 0 Å². The summed E-state index contributed by atoms with van der Waals surface area (Å²) in [6.07, 6.45) is 4.72. The molecule has 16 heavy (non-hydrogen) atoms. The van der Waals surface area contributed by atoms with Crippen LogP contribution in [0.2, 0.25) is 0 Å². The van der Waals surface area contributed by atoms with Gasteiger partial charge in [0, 0.05) is 18.9 Å². The van der Waals surface area contributed by atoms with Gasteiger partial charge >= 0.3 is 0 Å². The highest BCUT2D eigenvalue weighted by Crippen LogP contribution is 2.34. The summed E-state index contributed by atoms with van der Waals surface area (Å²) in [5.74, 6) is 0.237. The second kappa shape index (κ2) is 5.02. The van der Waals surface area contributed by atoms with Crippen LogP contribution in [-0.4, -0.2) is 39.2 Å². The predicted octanol–water partition coefficient (Wildman–Crippen LogP) is 0.954. The van der Waals surface area contributed by atoms with Gasteiger partial charge in [0.15, 0.2) is 0 Å². The molecule has 4 nitrogen and oxygen atoms in total. The fourth-order valence-corrected chi connectivity index (χ4v) is 3.74. The molecule has 1 rings (SSSR count). The van der Waals surface area contributed by atoms with Crippen LogP contribution < -0.4 is 5.73 Å². The second-order valence-electron chi connectivity index (χ2n) is 5.25. The molecule has 96 valence electrons. The van der Waals surface area contributed by atoms with Crippen molar-refractivity contribution in [3.05, 3.63) is 0 Å². The largest absolute Gasteiger partial charge is 0.383 e. The summed E-state index contributed by atoms with van der Waals surface area (Å²) in [7, 11) is -1.30. The Morgan fingerprint density at radius 3 is 2.56 bits per heavy atom. The number of hydrogen-bond donors (Lipinski definition) is 1. The zero-order valence-corrected chi connectivity index (χ0v) is 11.2. The molecule has 2 N–H and O–H groups in total. The van der Waals surface area contributed by atoms with E-state index in [9.17, 15) is 8.42 Å². The van der Waals surface area contributed by atoms with E-state index in [1.54, 1.807) is 7.11 Å². The van der Waals surface area contributed by atoms with E-state index in [0.29, 0.717) is 13.0 Å². The molecule has 0 aliphatic heterocycles. The second-order valence-corrected chi connectivity index (χ2v) is 7.58.